The molecule has 0 spiro atoms. The van der Waals surface area contributed by atoms with Crippen LogP contribution in [0, 0.1) is 5.92 Å². The van der Waals surface area contributed by atoms with Crippen LogP contribution in [-0.4, -0.2) is 85.2 Å². The molecule has 258 valence electrons. The van der Waals surface area contributed by atoms with Gasteiger partial charge in [0, 0.05) is 71.9 Å². The lowest BCUT2D eigenvalue weighted by Gasteiger charge is -2.42. The molecule has 0 aromatic heterocycles. The van der Waals surface area contributed by atoms with Crippen LogP contribution in [0.4, 0.5) is 0 Å². The van der Waals surface area contributed by atoms with E-state index in [0.29, 0.717) is 34.2 Å². The van der Waals surface area contributed by atoms with Crippen molar-refractivity contribution in [2.24, 2.45) is 5.92 Å². The van der Waals surface area contributed by atoms with Crippen LogP contribution in [0.2, 0.25) is 28.2 Å². The summed E-state index contributed by atoms with van der Waals surface area (Å²) in [6, 6.07) is 11.9. The molecular weight excluding hydrogens is 645 g/mol. The highest BCUT2D eigenvalue weighted by atomic mass is 35.5. The van der Waals surface area contributed by atoms with Crippen LogP contribution in [0.1, 0.15) is 89.6 Å². The summed E-state index contributed by atoms with van der Waals surface area (Å²) in [4.78, 5) is 33.3. The second-order valence-electron chi connectivity index (χ2n) is 16.5. The van der Waals surface area contributed by atoms with E-state index in [9.17, 15) is 9.59 Å². The van der Waals surface area contributed by atoms with Gasteiger partial charge in [-0.2, -0.15) is 0 Å². The highest BCUT2D eigenvalue weighted by molar-refractivity contribution is 6.74. The van der Waals surface area contributed by atoms with Crippen molar-refractivity contribution in [1.82, 2.24) is 14.7 Å². The van der Waals surface area contributed by atoms with Crippen molar-refractivity contribution in [3.8, 4) is 11.1 Å². The molecule has 1 saturated carbocycles. The molecule has 1 unspecified atom stereocenters. The normalized spacial score (nSPS) is 23.4. The predicted octanol–water partition coefficient (Wildman–Crippen LogP) is 8.94. The smallest absolute Gasteiger partial charge is 0.253 e. The minimum atomic E-state index is -1.79. The number of piperazine rings is 1. The zero-order valence-corrected chi connectivity index (χ0v) is 32.3. The Balaban J connectivity index is 1.16. The lowest BCUT2D eigenvalue weighted by molar-refractivity contribution is -0.133. The maximum Gasteiger partial charge on any atom is 0.253 e. The summed E-state index contributed by atoms with van der Waals surface area (Å²) in [5.74, 6) is 0.196. The maximum atomic E-state index is 13.6. The Kier molecular flexibility index (Phi) is 10.9. The molecule has 1 aliphatic carbocycles. The van der Waals surface area contributed by atoms with Gasteiger partial charge in [0.2, 0.25) is 5.91 Å². The van der Waals surface area contributed by atoms with Gasteiger partial charge in [-0.15, -0.1) is 0 Å². The van der Waals surface area contributed by atoms with Gasteiger partial charge in [0.05, 0.1) is 0 Å². The topological polar surface area (TPSA) is 53.1 Å². The fourth-order valence-corrected chi connectivity index (χ4v) is 9.23. The minimum absolute atomic E-state index is 0.0688. The fourth-order valence-electron chi connectivity index (χ4n) is 7.16. The number of hydrogen-bond acceptors (Lipinski definition) is 4. The van der Waals surface area contributed by atoms with Gasteiger partial charge < -0.3 is 14.2 Å². The molecule has 3 fully saturated rings. The van der Waals surface area contributed by atoms with E-state index >= 15 is 0 Å². The van der Waals surface area contributed by atoms with Crippen LogP contribution in [0.15, 0.2) is 36.4 Å². The van der Waals surface area contributed by atoms with Crippen LogP contribution in [0.3, 0.4) is 0 Å². The molecule has 0 N–H and O–H groups in total. The van der Waals surface area contributed by atoms with Crippen LogP contribution in [0.5, 0.6) is 0 Å². The number of benzene rings is 2. The van der Waals surface area contributed by atoms with Crippen molar-refractivity contribution in [1.29, 1.82) is 0 Å². The molecule has 47 heavy (non-hydrogen) atoms. The van der Waals surface area contributed by atoms with Crippen molar-refractivity contribution in [3.63, 3.8) is 0 Å². The molecule has 2 aliphatic heterocycles. The summed E-state index contributed by atoms with van der Waals surface area (Å²) in [7, 11) is -1.79. The lowest BCUT2D eigenvalue weighted by atomic mass is 9.92. The van der Waals surface area contributed by atoms with Crippen LogP contribution < -0.4 is 0 Å². The van der Waals surface area contributed by atoms with E-state index < -0.39 is 8.32 Å². The highest BCUT2D eigenvalue weighted by Crippen LogP contribution is 2.41. The second-order valence-corrected chi connectivity index (χ2v) is 22.0. The third-order valence-electron chi connectivity index (χ3n) is 11.3. The number of carbonyl (C=O) groups excluding carboxylic acids is 2. The average molecular weight is 701 g/mol. The Hall–Kier alpha value is -1.90. The highest BCUT2D eigenvalue weighted by Gasteiger charge is 2.42. The van der Waals surface area contributed by atoms with Crippen molar-refractivity contribution < 1.29 is 14.0 Å². The van der Waals surface area contributed by atoms with Gasteiger partial charge in [-0.3, -0.25) is 14.5 Å². The third kappa shape index (κ3) is 8.29. The van der Waals surface area contributed by atoms with E-state index in [1.165, 1.54) is 0 Å². The number of nitrogens with zero attached hydrogens (tertiary/aromatic N) is 3. The Morgan fingerprint density at radius 2 is 1.40 bits per heavy atom. The van der Waals surface area contributed by atoms with Crippen molar-refractivity contribution in [2.75, 3.05) is 32.7 Å². The molecule has 1 atom stereocenters. The second kappa shape index (κ2) is 14.1. The van der Waals surface area contributed by atoms with Crippen LogP contribution in [-0.2, 0) is 15.6 Å². The summed E-state index contributed by atoms with van der Waals surface area (Å²) >= 11 is 13.7. The Morgan fingerprint density at radius 3 is 1.94 bits per heavy atom. The zero-order chi connectivity index (χ0) is 34.3. The molecule has 0 radical (unpaired) electrons. The van der Waals surface area contributed by atoms with E-state index in [1.807, 2.05) is 41.3 Å². The summed E-state index contributed by atoms with van der Waals surface area (Å²) in [5.41, 5.74) is 3.49. The molecule has 2 heterocycles. The summed E-state index contributed by atoms with van der Waals surface area (Å²) in [5, 5.41) is 1.37. The first-order valence-electron chi connectivity index (χ1n) is 17.6. The first kappa shape index (κ1) is 36.4. The summed E-state index contributed by atoms with van der Waals surface area (Å²) in [6.07, 6.45) is 5.74. The third-order valence-corrected chi connectivity index (χ3v) is 16.5. The van der Waals surface area contributed by atoms with Crippen molar-refractivity contribution in [3.05, 3.63) is 57.6 Å². The van der Waals surface area contributed by atoms with E-state index in [-0.39, 0.29) is 28.3 Å². The fraction of sp³-hybridized carbons (Fsp3) is 0.632. The predicted molar refractivity (Wildman–Crippen MR) is 197 cm³/mol. The van der Waals surface area contributed by atoms with Gasteiger partial charge in [-0.05, 0) is 118 Å². The van der Waals surface area contributed by atoms with Crippen molar-refractivity contribution in [2.45, 2.75) is 116 Å². The average Bonchev–Trinajstić information content (AvgIpc) is 3.37. The molecule has 3 aliphatic rings. The monoisotopic (exact) mass is 699 g/mol. The quantitative estimate of drug-likeness (QED) is 0.271. The molecule has 2 amide bonds. The van der Waals surface area contributed by atoms with Gasteiger partial charge in [0.25, 0.3) is 5.91 Å². The molecule has 2 aromatic carbocycles. The van der Waals surface area contributed by atoms with E-state index in [2.05, 4.69) is 64.4 Å². The van der Waals surface area contributed by atoms with Gasteiger partial charge in [0.15, 0.2) is 8.32 Å². The molecule has 9 heteroatoms. The van der Waals surface area contributed by atoms with E-state index in [1.54, 1.807) is 0 Å². The number of amides is 2. The number of hydrogen-bond donors (Lipinski definition) is 0. The number of likely N-dealkylation sites (tertiary alicyclic amines) is 1. The Morgan fingerprint density at radius 1 is 0.830 bits per heavy atom. The van der Waals surface area contributed by atoms with Gasteiger partial charge in [0.1, 0.15) is 0 Å². The van der Waals surface area contributed by atoms with Crippen molar-refractivity contribution >= 4 is 43.3 Å². The Labute approximate surface area is 294 Å². The lowest BCUT2D eigenvalue weighted by Crippen LogP contribution is -2.54. The van der Waals surface area contributed by atoms with E-state index in [0.717, 1.165) is 81.5 Å². The van der Waals surface area contributed by atoms with Gasteiger partial charge in [-0.1, -0.05) is 56.1 Å². The summed E-state index contributed by atoms with van der Waals surface area (Å²) in [6.45, 7) is 22.2. The molecule has 5 rings (SSSR count). The van der Waals surface area contributed by atoms with Crippen LogP contribution >= 0.6 is 23.2 Å². The molecule has 6 nitrogen and oxygen atoms in total. The van der Waals surface area contributed by atoms with Crippen LogP contribution in [0.25, 0.3) is 11.1 Å². The molecular formula is C38H55Cl2N3O3Si. The number of carbonyl (C=O) groups is 2. The number of rotatable bonds is 7. The first-order valence-corrected chi connectivity index (χ1v) is 21.2. The maximum absolute atomic E-state index is 13.6. The Bertz CT molecular complexity index is 1410. The minimum Gasteiger partial charge on any atom is -0.414 e. The first-order chi connectivity index (χ1) is 21.9. The molecule has 2 saturated heterocycles. The van der Waals surface area contributed by atoms with E-state index in [4.69, 9.17) is 27.6 Å². The largest absolute Gasteiger partial charge is 0.414 e. The van der Waals surface area contributed by atoms with Gasteiger partial charge >= 0.3 is 0 Å². The standard InChI is InChI=1S/C38H55Cl2N3O3Si/c1-37(2,3)42-21-19-41(20-22-42)35(44)27-11-9-26(10-12-27)29-24-33(39)32(34(40)25-29)23-28-17-18-43(36(28)45)30-13-15-31(16-14-30)46-47(7,8)38(4,5)6/h9-12,24-25,28,30-31H,13-23H2,1-8H3. The molecule has 0 bridgehead atoms. The SMILES string of the molecule is CC(C)(C)N1CCN(C(=O)c2ccc(-c3cc(Cl)c(CC4CCN(C5CCC(O[Si](C)(C)C(C)(C)C)CC5)C4=O)c(Cl)c3)cc2)CC1. The number of halogens is 2. The zero-order valence-electron chi connectivity index (χ0n) is 29.8. The summed E-state index contributed by atoms with van der Waals surface area (Å²) < 4.78 is 6.69. The van der Waals surface area contributed by atoms with Gasteiger partial charge in [-0.25, -0.2) is 0 Å². The molecule has 2 aromatic rings.